The summed E-state index contributed by atoms with van der Waals surface area (Å²) in [5.41, 5.74) is 0.885. The predicted octanol–water partition coefficient (Wildman–Crippen LogP) is 3.19. The molecule has 0 radical (unpaired) electrons. The Kier molecular flexibility index (Phi) is 2.73. The second-order valence-electron chi connectivity index (χ2n) is 5.75. The minimum atomic E-state index is 0.443. The number of hydrogen-bond donors (Lipinski definition) is 1. The maximum absolute atomic E-state index is 4.42. The van der Waals surface area contributed by atoms with Crippen molar-refractivity contribution in [3.8, 4) is 0 Å². The van der Waals surface area contributed by atoms with Crippen LogP contribution in [0.3, 0.4) is 0 Å². The molecule has 1 fully saturated rings. The van der Waals surface area contributed by atoms with Crippen LogP contribution >= 0.6 is 11.5 Å². The molecule has 0 aliphatic heterocycles. The van der Waals surface area contributed by atoms with Gasteiger partial charge in [-0.2, -0.15) is 4.37 Å². The van der Waals surface area contributed by atoms with E-state index in [2.05, 4.69) is 49.3 Å². The third-order valence-electron chi connectivity index (χ3n) is 4.56. The fourth-order valence-electron chi connectivity index (χ4n) is 2.50. The summed E-state index contributed by atoms with van der Waals surface area (Å²) in [5, 5.41) is 4.39. The van der Waals surface area contributed by atoms with E-state index in [1.807, 2.05) is 0 Å². The molecule has 1 N–H and O–H groups in total. The van der Waals surface area contributed by atoms with Crippen LogP contribution in [0.5, 0.6) is 0 Å². The highest BCUT2D eigenvalue weighted by molar-refractivity contribution is 7.09. The van der Waals surface area contributed by atoms with Crippen LogP contribution in [-0.4, -0.2) is 15.9 Å². The Morgan fingerprint density at radius 1 is 1.25 bits per heavy atom. The van der Waals surface area contributed by atoms with Gasteiger partial charge in [0.2, 0.25) is 5.13 Å². The molecule has 1 aromatic heterocycles. The van der Waals surface area contributed by atoms with Crippen molar-refractivity contribution in [1.82, 2.24) is 9.36 Å². The zero-order valence-corrected chi connectivity index (χ0v) is 11.6. The normalized spacial score (nSPS) is 22.1. The van der Waals surface area contributed by atoms with Gasteiger partial charge in [0.05, 0.1) is 0 Å². The van der Waals surface area contributed by atoms with Gasteiger partial charge in [-0.05, 0) is 16.7 Å². The average molecular weight is 239 g/mol. The zero-order valence-electron chi connectivity index (χ0n) is 10.8. The summed E-state index contributed by atoms with van der Waals surface area (Å²) < 4.78 is 4.27. The fraction of sp³-hybridized carbons (Fsp3) is 0.833. The number of rotatable bonds is 4. The molecule has 0 unspecified atom stereocenters. The quantitative estimate of drug-likeness (QED) is 0.877. The third-order valence-corrected chi connectivity index (χ3v) is 5.27. The predicted molar refractivity (Wildman–Crippen MR) is 68.8 cm³/mol. The van der Waals surface area contributed by atoms with E-state index in [0.717, 1.165) is 29.8 Å². The molecule has 1 heterocycles. The summed E-state index contributed by atoms with van der Waals surface area (Å²) in [5.74, 6) is 1.68. The average Bonchev–Trinajstić information content (AvgIpc) is 2.60. The molecule has 1 aliphatic rings. The Labute approximate surface area is 102 Å². The van der Waals surface area contributed by atoms with Crippen molar-refractivity contribution < 1.29 is 0 Å². The second kappa shape index (κ2) is 3.69. The maximum atomic E-state index is 4.42. The molecule has 0 bridgehead atoms. The van der Waals surface area contributed by atoms with Gasteiger partial charge >= 0.3 is 0 Å². The van der Waals surface area contributed by atoms with Crippen molar-refractivity contribution in [2.45, 2.75) is 41.0 Å². The van der Waals surface area contributed by atoms with E-state index in [0.29, 0.717) is 10.8 Å². The molecule has 1 aromatic rings. The highest BCUT2D eigenvalue weighted by atomic mass is 32.1. The van der Waals surface area contributed by atoms with Crippen LogP contribution in [0.4, 0.5) is 5.13 Å². The minimum absolute atomic E-state index is 0.443. The largest absolute Gasteiger partial charge is 0.360 e. The summed E-state index contributed by atoms with van der Waals surface area (Å²) in [6.07, 6.45) is 0.915. The van der Waals surface area contributed by atoms with E-state index < -0.39 is 0 Å². The summed E-state index contributed by atoms with van der Waals surface area (Å²) in [6, 6.07) is 0. The van der Waals surface area contributed by atoms with Crippen LogP contribution in [0.1, 0.15) is 40.4 Å². The first kappa shape index (κ1) is 11.8. The number of nitrogens with zero attached hydrogens (tertiary/aromatic N) is 2. The lowest BCUT2D eigenvalue weighted by atomic mass is 10.0. The first-order chi connectivity index (χ1) is 7.39. The van der Waals surface area contributed by atoms with Crippen LogP contribution in [-0.2, 0) is 6.42 Å². The number of aromatic nitrogens is 2. The molecule has 1 aliphatic carbocycles. The Bertz CT molecular complexity index is 367. The molecule has 16 heavy (non-hydrogen) atoms. The number of anilines is 1. The summed E-state index contributed by atoms with van der Waals surface area (Å²) >= 11 is 1.47. The molecule has 0 atom stereocenters. The lowest BCUT2D eigenvalue weighted by Gasteiger charge is -2.04. The SMILES string of the molecule is CCc1nsc(NCC2C(C)(C)C2(C)C)n1. The van der Waals surface area contributed by atoms with Gasteiger partial charge in [0.25, 0.3) is 0 Å². The van der Waals surface area contributed by atoms with Crippen LogP contribution in [0.15, 0.2) is 0 Å². The summed E-state index contributed by atoms with van der Waals surface area (Å²) in [6.45, 7) is 12.5. The third kappa shape index (κ3) is 1.73. The Balaban J connectivity index is 1.90. The van der Waals surface area contributed by atoms with Gasteiger partial charge in [-0.1, -0.05) is 34.6 Å². The molecular weight excluding hydrogens is 218 g/mol. The Morgan fingerprint density at radius 2 is 1.88 bits per heavy atom. The van der Waals surface area contributed by atoms with Crippen LogP contribution in [0.2, 0.25) is 0 Å². The lowest BCUT2D eigenvalue weighted by Crippen LogP contribution is -2.07. The molecule has 2 rings (SSSR count). The van der Waals surface area contributed by atoms with Gasteiger partial charge in [0.1, 0.15) is 5.82 Å². The van der Waals surface area contributed by atoms with Crippen molar-refractivity contribution in [3.05, 3.63) is 5.82 Å². The van der Waals surface area contributed by atoms with E-state index in [1.54, 1.807) is 0 Å². The molecule has 90 valence electrons. The lowest BCUT2D eigenvalue weighted by molar-refractivity contribution is 0.457. The van der Waals surface area contributed by atoms with E-state index >= 15 is 0 Å². The van der Waals surface area contributed by atoms with Crippen LogP contribution in [0.25, 0.3) is 0 Å². The summed E-state index contributed by atoms with van der Waals surface area (Å²) in [7, 11) is 0. The van der Waals surface area contributed by atoms with E-state index in [9.17, 15) is 0 Å². The van der Waals surface area contributed by atoms with Gasteiger partial charge in [0, 0.05) is 24.5 Å². The Morgan fingerprint density at radius 3 is 2.31 bits per heavy atom. The number of nitrogens with one attached hydrogen (secondary N) is 1. The van der Waals surface area contributed by atoms with E-state index in [1.165, 1.54) is 11.5 Å². The zero-order chi connectivity index (χ0) is 12.0. The van der Waals surface area contributed by atoms with Crippen molar-refractivity contribution in [3.63, 3.8) is 0 Å². The number of aryl methyl sites for hydroxylation is 1. The molecule has 1 saturated carbocycles. The summed E-state index contributed by atoms with van der Waals surface area (Å²) in [4.78, 5) is 4.42. The van der Waals surface area contributed by atoms with E-state index in [-0.39, 0.29) is 0 Å². The first-order valence-corrected chi connectivity index (χ1v) is 6.73. The Hall–Kier alpha value is -0.640. The smallest absolute Gasteiger partial charge is 0.202 e. The topological polar surface area (TPSA) is 37.8 Å². The first-order valence-electron chi connectivity index (χ1n) is 5.96. The fourth-order valence-corrected chi connectivity index (χ4v) is 3.16. The standard InChI is InChI=1S/C12H21N3S/c1-6-9-14-10(16-15-9)13-7-8-11(2,3)12(8,4)5/h8H,6-7H2,1-5H3,(H,13,14,15). The monoisotopic (exact) mass is 239 g/mol. The van der Waals surface area contributed by atoms with Gasteiger partial charge in [0.15, 0.2) is 0 Å². The maximum Gasteiger partial charge on any atom is 0.202 e. The van der Waals surface area contributed by atoms with Crippen LogP contribution < -0.4 is 5.32 Å². The van der Waals surface area contributed by atoms with E-state index in [4.69, 9.17) is 0 Å². The highest BCUT2D eigenvalue weighted by Crippen LogP contribution is 2.68. The molecule has 0 amide bonds. The van der Waals surface area contributed by atoms with Crippen molar-refractivity contribution in [2.24, 2.45) is 16.7 Å². The van der Waals surface area contributed by atoms with Gasteiger partial charge in [-0.3, -0.25) is 0 Å². The van der Waals surface area contributed by atoms with Crippen molar-refractivity contribution >= 4 is 16.7 Å². The second-order valence-corrected chi connectivity index (χ2v) is 6.50. The minimum Gasteiger partial charge on any atom is -0.360 e. The highest BCUT2D eigenvalue weighted by Gasteiger charge is 2.64. The number of hydrogen-bond acceptors (Lipinski definition) is 4. The van der Waals surface area contributed by atoms with Gasteiger partial charge in [-0.15, -0.1) is 0 Å². The molecule has 0 spiro atoms. The van der Waals surface area contributed by atoms with Crippen molar-refractivity contribution in [2.75, 3.05) is 11.9 Å². The molecular formula is C12H21N3S. The van der Waals surface area contributed by atoms with Gasteiger partial charge in [-0.25, -0.2) is 4.98 Å². The molecule has 3 nitrogen and oxygen atoms in total. The molecule has 4 heteroatoms. The van der Waals surface area contributed by atoms with Gasteiger partial charge < -0.3 is 5.32 Å². The van der Waals surface area contributed by atoms with Crippen LogP contribution in [0, 0.1) is 16.7 Å². The molecule has 0 aromatic carbocycles. The van der Waals surface area contributed by atoms with Crippen molar-refractivity contribution in [1.29, 1.82) is 0 Å². The molecule has 0 saturated heterocycles.